The topological polar surface area (TPSA) is 43.8 Å². The maximum absolute atomic E-state index is 12.5. The van der Waals surface area contributed by atoms with E-state index in [1.165, 1.54) is 18.4 Å². The Kier molecular flexibility index (Phi) is 5.67. The zero-order chi connectivity index (χ0) is 19.4. The SMILES string of the molecule is O=C1CC[C@@]2(CCCN(Cc3cccc(O)c3)C2)CN1CCc1ccccc1. The number of phenols is 1. The molecule has 4 heteroatoms. The minimum Gasteiger partial charge on any atom is -0.508 e. The summed E-state index contributed by atoms with van der Waals surface area (Å²) in [5.74, 6) is 0.645. The van der Waals surface area contributed by atoms with E-state index >= 15 is 0 Å². The summed E-state index contributed by atoms with van der Waals surface area (Å²) in [4.78, 5) is 17.1. The molecular formula is C24H30N2O2. The van der Waals surface area contributed by atoms with Crippen molar-refractivity contribution in [2.24, 2.45) is 5.41 Å². The number of hydrogen-bond acceptors (Lipinski definition) is 3. The minimum atomic E-state index is 0.222. The first-order valence-corrected chi connectivity index (χ1v) is 10.4. The summed E-state index contributed by atoms with van der Waals surface area (Å²) in [7, 11) is 0. The van der Waals surface area contributed by atoms with Crippen LogP contribution in [0.4, 0.5) is 0 Å². The van der Waals surface area contributed by atoms with Crippen LogP contribution in [0.5, 0.6) is 5.75 Å². The molecular weight excluding hydrogens is 348 g/mol. The minimum absolute atomic E-state index is 0.222. The molecule has 2 aromatic rings. The van der Waals surface area contributed by atoms with Crippen LogP contribution in [0.25, 0.3) is 0 Å². The maximum atomic E-state index is 12.5. The Morgan fingerprint density at radius 2 is 1.79 bits per heavy atom. The van der Waals surface area contributed by atoms with Gasteiger partial charge in [0.2, 0.25) is 5.91 Å². The molecule has 0 bridgehead atoms. The van der Waals surface area contributed by atoms with E-state index in [9.17, 15) is 9.90 Å². The monoisotopic (exact) mass is 378 g/mol. The molecule has 1 atom stereocenters. The molecule has 2 aliphatic rings. The van der Waals surface area contributed by atoms with Crippen LogP contribution in [0.3, 0.4) is 0 Å². The largest absolute Gasteiger partial charge is 0.508 e. The van der Waals surface area contributed by atoms with E-state index in [0.29, 0.717) is 18.1 Å². The highest BCUT2D eigenvalue weighted by atomic mass is 16.3. The van der Waals surface area contributed by atoms with E-state index in [-0.39, 0.29) is 5.41 Å². The van der Waals surface area contributed by atoms with Crippen molar-refractivity contribution in [3.8, 4) is 5.75 Å². The lowest BCUT2D eigenvalue weighted by atomic mass is 9.73. The zero-order valence-electron chi connectivity index (χ0n) is 16.5. The molecule has 0 aliphatic carbocycles. The van der Waals surface area contributed by atoms with Gasteiger partial charge in [0, 0.05) is 38.0 Å². The number of nitrogens with zero attached hydrogens (tertiary/aromatic N) is 2. The standard InChI is InChI=1S/C24H30N2O2/c27-22-9-4-8-21(16-22)17-25-14-5-12-24(18-25)13-10-23(28)26(19-24)15-11-20-6-2-1-3-7-20/h1-4,6-9,16,27H,5,10-15,17-19H2/t24-/m1/s1. The maximum Gasteiger partial charge on any atom is 0.222 e. The Bertz CT molecular complexity index is 807. The van der Waals surface area contributed by atoms with Gasteiger partial charge < -0.3 is 10.0 Å². The van der Waals surface area contributed by atoms with Gasteiger partial charge in [0.05, 0.1) is 0 Å². The summed E-state index contributed by atoms with van der Waals surface area (Å²) in [5, 5.41) is 9.74. The molecule has 0 radical (unpaired) electrons. The highest BCUT2D eigenvalue weighted by Crippen LogP contribution is 2.39. The van der Waals surface area contributed by atoms with Gasteiger partial charge in [-0.25, -0.2) is 0 Å². The van der Waals surface area contributed by atoms with Crippen LogP contribution in [-0.2, 0) is 17.8 Å². The van der Waals surface area contributed by atoms with Crippen LogP contribution in [0.1, 0.15) is 36.8 Å². The van der Waals surface area contributed by atoms with Gasteiger partial charge in [0.25, 0.3) is 0 Å². The number of amides is 1. The summed E-state index contributed by atoms with van der Waals surface area (Å²) in [6.45, 7) is 4.70. The number of rotatable bonds is 5. The third kappa shape index (κ3) is 4.56. The van der Waals surface area contributed by atoms with Gasteiger partial charge in [-0.1, -0.05) is 42.5 Å². The number of aromatic hydroxyl groups is 1. The van der Waals surface area contributed by atoms with Gasteiger partial charge in [-0.05, 0) is 55.5 Å². The second-order valence-corrected chi connectivity index (χ2v) is 8.54. The van der Waals surface area contributed by atoms with E-state index in [1.807, 2.05) is 18.2 Å². The molecule has 148 valence electrons. The van der Waals surface area contributed by atoms with Gasteiger partial charge in [0.15, 0.2) is 0 Å². The second-order valence-electron chi connectivity index (χ2n) is 8.54. The van der Waals surface area contributed by atoms with E-state index in [1.54, 1.807) is 6.07 Å². The molecule has 1 amide bonds. The first kappa shape index (κ1) is 19.0. The van der Waals surface area contributed by atoms with Gasteiger partial charge in [-0.3, -0.25) is 9.69 Å². The molecule has 2 heterocycles. The Balaban J connectivity index is 1.39. The predicted molar refractivity (Wildman–Crippen MR) is 111 cm³/mol. The van der Waals surface area contributed by atoms with Crippen molar-refractivity contribution >= 4 is 5.91 Å². The lowest BCUT2D eigenvalue weighted by Crippen LogP contribution is -2.54. The molecule has 1 spiro atoms. The molecule has 4 rings (SSSR count). The first-order valence-electron chi connectivity index (χ1n) is 10.4. The number of phenolic OH excluding ortho intramolecular Hbond substituents is 1. The van der Waals surface area contributed by atoms with Crippen molar-refractivity contribution in [3.05, 3.63) is 65.7 Å². The predicted octanol–water partition coefficient (Wildman–Crippen LogP) is 3.84. The van der Waals surface area contributed by atoms with Gasteiger partial charge >= 0.3 is 0 Å². The summed E-state index contributed by atoms with van der Waals surface area (Å²) < 4.78 is 0. The fourth-order valence-electron chi connectivity index (χ4n) is 4.91. The van der Waals surface area contributed by atoms with Crippen LogP contribution in [0.15, 0.2) is 54.6 Å². The van der Waals surface area contributed by atoms with Gasteiger partial charge in [-0.2, -0.15) is 0 Å². The van der Waals surface area contributed by atoms with Crippen molar-refractivity contribution in [1.82, 2.24) is 9.80 Å². The molecule has 4 nitrogen and oxygen atoms in total. The van der Waals surface area contributed by atoms with Crippen molar-refractivity contribution in [3.63, 3.8) is 0 Å². The molecule has 0 aromatic heterocycles. The lowest BCUT2D eigenvalue weighted by molar-refractivity contribution is -0.139. The van der Waals surface area contributed by atoms with Crippen molar-refractivity contribution in [1.29, 1.82) is 0 Å². The molecule has 1 N–H and O–H groups in total. The van der Waals surface area contributed by atoms with Crippen molar-refractivity contribution in [2.75, 3.05) is 26.2 Å². The molecule has 0 unspecified atom stereocenters. The highest BCUT2D eigenvalue weighted by molar-refractivity contribution is 5.77. The number of likely N-dealkylation sites (tertiary alicyclic amines) is 2. The summed E-state index contributed by atoms with van der Waals surface area (Å²) in [5.41, 5.74) is 2.67. The number of piperidine rings is 2. The van der Waals surface area contributed by atoms with Crippen LogP contribution in [0, 0.1) is 5.41 Å². The second kappa shape index (κ2) is 8.36. The van der Waals surface area contributed by atoms with Crippen LogP contribution in [0.2, 0.25) is 0 Å². The lowest BCUT2D eigenvalue weighted by Gasteiger charge is -2.48. The number of carbonyl (C=O) groups is 1. The summed E-state index contributed by atoms with van der Waals surface area (Å²) in [6.07, 6.45) is 4.99. The molecule has 2 saturated heterocycles. The first-order chi connectivity index (χ1) is 13.6. The Hall–Kier alpha value is -2.33. The number of carbonyl (C=O) groups excluding carboxylic acids is 1. The van der Waals surface area contributed by atoms with Crippen molar-refractivity contribution in [2.45, 2.75) is 38.6 Å². The van der Waals surface area contributed by atoms with E-state index in [0.717, 1.165) is 51.1 Å². The fraction of sp³-hybridized carbons (Fsp3) is 0.458. The Morgan fingerprint density at radius 1 is 0.964 bits per heavy atom. The Labute approximate surface area is 167 Å². The van der Waals surface area contributed by atoms with E-state index in [2.05, 4.69) is 40.1 Å². The molecule has 28 heavy (non-hydrogen) atoms. The molecule has 0 saturated carbocycles. The fourth-order valence-corrected chi connectivity index (χ4v) is 4.91. The molecule has 2 fully saturated rings. The molecule has 2 aliphatic heterocycles. The third-order valence-electron chi connectivity index (χ3n) is 6.32. The van der Waals surface area contributed by atoms with E-state index in [4.69, 9.17) is 0 Å². The van der Waals surface area contributed by atoms with Crippen LogP contribution >= 0.6 is 0 Å². The highest BCUT2D eigenvalue weighted by Gasteiger charge is 2.41. The number of benzene rings is 2. The van der Waals surface area contributed by atoms with Crippen LogP contribution in [-0.4, -0.2) is 47.0 Å². The normalized spacial score (nSPS) is 23.3. The van der Waals surface area contributed by atoms with Gasteiger partial charge in [0.1, 0.15) is 5.75 Å². The molecule has 2 aromatic carbocycles. The quantitative estimate of drug-likeness (QED) is 0.860. The third-order valence-corrected chi connectivity index (χ3v) is 6.32. The summed E-state index contributed by atoms with van der Waals surface area (Å²) >= 11 is 0. The zero-order valence-corrected chi connectivity index (χ0v) is 16.5. The van der Waals surface area contributed by atoms with Crippen molar-refractivity contribution < 1.29 is 9.90 Å². The van der Waals surface area contributed by atoms with Gasteiger partial charge in [-0.15, -0.1) is 0 Å². The Morgan fingerprint density at radius 3 is 2.61 bits per heavy atom. The average Bonchev–Trinajstić information content (AvgIpc) is 2.70. The summed E-state index contributed by atoms with van der Waals surface area (Å²) in [6, 6.07) is 18.0. The number of hydrogen-bond donors (Lipinski definition) is 1. The smallest absolute Gasteiger partial charge is 0.222 e. The van der Waals surface area contributed by atoms with Crippen LogP contribution < -0.4 is 0 Å². The van der Waals surface area contributed by atoms with E-state index < -0.39 is 0 Å². The average molecular weight is 379 g/mol.